The largest absolute Gasteiger partial charge is 0.330 e. The zero-order chi connectivity index (χ0) is 17.3. The second-order valence-corrected chi connectivity index (χ2v) is 9.69. The lowest BCUT2D eigenvalue weighted by Gasteiger charge is -2.39. The van der Waals surface area contributed by atoms with Crippen LogP contribution in [-0.2, 0) is 5.41 Å². The normalized spacial score (nSPS) is 24.5. The van der Waals surface area contributed by atoms with Crippen LogP contribution in [0.25, 0.3) is 0 Å². The summed E-state index contributed by atoms with van der Waals surface area (Å²) in [5.41, 5.74) is 9.71. The minimum Gasteiger partial charge on any atom is -0.330 e. The first kappa shape index (κ1) is 18.5. The zero-order valence-electron chi connectivity index (χ0n) is 16.2. The molecule has 1 aromatic rings. The number of benzene rings is 1. The number of rotatable bonds is 3. The lowest BCUT2D eigenvalue weighted by molar-refractivity contribution is 0.140. The van der Waals surface area contributed by atoms with E-state index in [2.05, 4.69) is 65.8 Å². The first-order valence-corrected chi connectivity index (χ1v) is 9.43. The van der Waals surface area contributed by atoms with Gasteiger partial charge in [-0.15, -0.1) is 0 Å². The quantitative estimate of drug-likeness (QED) is 0.740. The van der Waals surface area contributed by atoms with Crippen LogP contribution in [-0.4, -0.2) is 6.54 Å². The molecule has 0 bridgehead atoms. The van der Waals surface area contributed by atoms with Gasteiger partial charge in [-0.3, -0.25) is 0 Å². The van der Waals surface area contributed by atoms with E-state index in [9.17, 15) is 0 Å². The molecule has 0 amide bonds. The second kappa shape index (κ2) is 6.97. The maximum atomic E-state index is 6.18. The summed E-state index contributed by atoms with van der Waals surface area (Å²) in [4.78, 5) is 0. The lowest BCUT2D eigenvalue weighted by Crippen LogP contribution is -2.30. The van der Waals surface area contributed by atoms with E-state index >= 15 is 0 Å². The molecule has 1 heteroatoms. The van der Waals surface area contributed by atoms with Crippen LogP contribution in [0.3, 0.4) is 0 Å². The van der Waals surface area contributed by atoms with Gasteiger partial charge in [0.1, 0.15) is 0 Å². The summed E-state index contributed by atoms with van der Waals surface area (Å²) in [5, 5.41) is 0. The van der Waals surface area contributed by atoms with Crippen molar-refractivity contribution in [2.45, 2.75) is 78.6 Å². The molecule has 1 nitrogen and oxygen atoms in total. The lowest BCUT2D eigenvalue weighted by atomic mass is 9.66. The first-order chi connectivity index (χ1) is 10.6. The van der Waals surface area contributed by atoms with E-state index < -0.39 is 0 Å². The van der Waals surface area contributed by atoms with Crippen LogP contribution in [0, 0.1) is 17.3 Å². The fraction of sp³-hybridized carbons (Fsp3) is 0.727. The van der Waals surface area contributed by atoms with Crippen molar-refractivity contribution in [1.29, 1.82) is 0 Å². The number of hydrogen-bond acceptors (Lipinski definition) is 1. The van der Waals surface area contributed by atoms with Crippen LogP contribution < -0.4 is 5.73 Å². The number of hydrogen-bond donors (Lipinski definition) is 1. The van der Waals surface area contributed by atoms with Crippen molar-refractivity contribution >= 4 is 0 Å². The van der Waals surface area contributed by atoms with Gasteiger partial charge in [-0.2, -0.15) is 0 Å². The molecule has 0 spiro atoms. The van der Waals surface area contributed by atoms with Gasteiger partial charge in [0, 0.05) is 0 Å². The van der Waals surface area contributed by atoms with Gasteiger partial charge in [-0.05, 0) is 71.9 Å². The van der Waals surface area contributed by atoms with Gasteiger partial charge < -0.3 is 5.73 Å². The molecular weight excluding hydrogens is 278 g/mol. The van der Waals surface area contributed by atoms with E-state index in [0.29, 0.717) is 11.3 Å². The maximum Gasteiger partial charge on any atom is -0.000556 e. The molecule has 1 saturated carbocycles. The molecule has 0 aliphatic heterocycles. The van der Waals surface area contributed by atoms with E-state index in [1.54, 1.807) is 0 Å². The Balaban J connectivity index is 2.06. The molecule has 1 unspecified atom stereocenters. The van der Waals surface area contributed by atoms with Gasteiger partial charge in [0.05, 0.1) is 0 Å². The Morgan fingerprint density at radius 1 is 0.913 bits per heavy atom. The van der Waals surface area contributed by atoms with Crippen LogP contribution in [0.15, 0.2) is 24.3 Å². The van der Waals surface area contributed by atoms with Crippen LogP contribution in [0.2, 0.25) is 0 Å². The monoisotopic (exact) mass is 315 g/mol. The predicted molar refractivity (Wildman–Crippen MR) is 102 cm³/mol. The Labute approximate surface area is 144 Å². The van der Waals surface area contributed by atoms with Crippen molar-refractivity contribution in [1.82, 2.24) is 0 Å². The Morgan fingerprint density at radius 3 is 1.83 bits per heavy atom. The van der Waals surface area contributed by atoms with Crippen molar-refractivity contribution < 1.29 is 0 Å². The predicted octanol–water partition coefficient (Wildman–Crippen LogP) is 5.88. The van der Waals surface area contributed by atoms with Crippen LogP contribution in [0.5, 0.6) is 0 Å². The smallest absolute Gasteiger partial charge is 0.000556 e. The molecule has 130 valence electrons. The second-order valence-electron chi connectivity index (χ2n) is 9.69. The molecule has 1 aliphatic rings. The van der Waals surface area contributed by atoms with Crippen LogP contribution >= 0.6 is 0 Å². The Morgan fingerprint density at radius 2 is 1.43 bits per heavy atom. The summed E-state index contributed by atoms with van der Waals surface area (Å²) in [6, 6.07) is 9.26. The highest BCUT2D eigenvalue weighted by molar-refractivity contribution is 5.30. The third-order valence-electron chi connectivity index (χ3n) is 6.02. The van der Waals surface area contributed by atoms with Crippen molar-refractivity contribution in [3.05, 3.63) is 35.4 Å². The molecule has 0 heterocycles. The summed E-state index contributed by atoms with van der Waals surface area (Å²) in [5.74, 6) is 2.17. The summed E-state index contributed by atoms with van der Waals surface area (Å²) < 4.78 is 0. The van der Waals surface area contributed by atoms with Gasteiger partial charge in [-0.1, -0.05) is 65.8 Å². The van der Waals surface area contributed by atoms with Crippen LogP contribution in [0.1, 0.15) is 84.3 Å². The molecule has 2 N–H and O–H groups in total. The summed E-state index contributed by atoms with van der Waals surface area (Å²) >= 11 is 0. The third-order valence-corrected chi connectivity index (χ3v) is 6.02. The molecule has 0 aromatic heterocycles. The topological polar surface area (TPSA) is 26.0 Å². The van der Waals surface area contributed by atoms with Gasteiger partial charge in [0.2, 0.25) is 0 Å². The Hall–Kier alpha value is -0.820. The molecule has 0 radical (unpaired) electrons. The summed E-state index contributed by atoms with van der Waals surface area (Å²) in [6.07, 6.45) is 5.41. The van der Waals surface area contributed by atoms with Gasteiger partial charge in [0.25, 0.3) is 0 Å². The van der Waals surface area contributed by atoms with Gasteiger partial charge in [0.15, 0.2) is 0 Å². The zero-order valence-corrected chi connectivity index (χ0v) is 16.2. The van der Waals surface area contributed by atoms with Crippen molar-refractivity contribution in [3.8, 4) is 0 Å². The van der Waals surface area contributed by atoms with Crippen LogP contribution in [0.4, 0.5) is 0 Å². The molecule has 1 aromatic carbocycles. The molecule has 23 heavy (non-hydrogen) atoms. The summed E-state index contributed by atoms with van der Waals surface area (Å²) in [6.45, 7) is 14.8. The highest BCUT2D eigenvalue weighted by atomic mass is 14.6. The molecule has 1 fully saturated rings. The fourth-order valence-electron chi connectivity index (χ4n) is 4.22. The molecule has 2 rings (SSSR count). The fourth-order valence-corrected chi connectivity index (χ4v) is 4.22. The first-order valence-electron chi connectivity index (χ1n) is 9.43. The van der Waals surface area contributed by atoms with Gasteiger partial charge >= 0.3 is 0 Å². The highest BCUT2D eigenvalue weighted by Crippen LogP contribution is 2.44. The standard InChI is InChI=1S/C22H37N/c1-21(2,3)18-11-7-16(8-12-18)20(15-23)17-9-13-19(14-10-17)22(4,5)6/h7-8,11-12,17,19-20H,9-10,13-15,23H2,1-6H3. The summed E-state index contributed by atoms with van der Waals surface area (Å²) in [7, 11) is 0. The highest BCUT2D eigenvalue weighted by Gasteiger charge is 2.33. The van der Waals surface area contributed by atoms with E-state index in [1.165, 1.54) is 36.8 Å². The molecule has 0 saturated heterocycles. The molecule has 1 aliphatic carbocycles. The van der Waals surface area contributed by atoms with E-state index in [0.717, 1.165) is 18.4 Å². The molecular formula is C22H37N. The average molecular weight is 316 g/mol. The van der Waals surface area contributed by atoms with Crippen molar-refractivity contribution in [2.24, 2.45) is 23.0 Å². The number of nitrogens with two attached hydrogens (primary N) is 1. The maximum absolute atomic E-state index is 6.18. The minimum atomic E-state index is 0.224. The van der Waals surface area contributed by atoms with E-state index in [1.807, 2.05) is 0 Å². The Kier molecular flexibility index (Phi) is 5.61. The minimum absolute atomic E-state index is 0.224. The average Bonchev–Trinajstić information content (AvgIpc) is 2.47. The van der Waals surface area contributed by atoms with E-state index in [-0.39, 0.29) is 5.41 Å². The molecule has 1 atom stereocenters. The SMILES string of the molecule is CC(C)(C)c1ccc(C(CN)C2CCC(C(C)(C)C)CC2)cc1. The van der Waals surface area contributed by atoms with Gasteiger partial charge in [-0.25, -0.2) is 0 Å². The van der Waals surface area contributed by atoms with Crippen molar-refractivity contribution in [2.75, 3.05) is 6.54 Å². The van der Waals surface area contributed by atoms with E-state index in [4.69, 9.17) is 5.73 Å². The Bertz CT molecular complexity index is 478. The third kappa shape index (κ3) is 4.59. The van der Waals surface area contributed by atoms with Crippen molar-refractivity contribution in [3.63, 3.8) is 0 Å².